The Balaban J connectivity index is 2.38. The first-order valence-corrected chi connectivity index (χ1v) is 7.33. The molecule has 0 spiro atoms. The van der Waals surface area contributed by atoms with Crippen molar-refractivity contribution in [1.82, 2.24) is 4.98 Å². The van der Waals surface area contributed by atoms with Crippen LogP contribution in [0.25, 0.3) is 11.3 Å². The van der Waals surface area contributed by atoms with Crippen LogP contribution in [0.2, 0.25) is 0 Å². The van der Waals surface area contributed by atoms with Gasteiger partial charge in [-0.1, -0.05) is 22.0 Å². The van der Waals surface area contributed by atoms with E-state index in [9.17, 15) is 0 Å². The van der Waals surface area contributed by atoms with Gasteiger partial charge in [0.15, 0.2) is 0 Å². The topological polar surface area (TPSA) is 12.9 Å². The van der Waals surface area contributed by atoms with E-state index in [-0.39, 0.29) is 0 Å². The molecule has 0 bridgehead atoms. The molecule has 0 aliphatic heterocycles. The van der Waals surface area contributed by atoms with Crippen LogP contribution in [0.3, 0.4) is 0 Å². The number of hydrogen-bond donors (Lipinski definition) is 1. The molecule has 0 aliphatic carbocycles. The van der Waals surface area contributed by atoms with Gasteiger partial charge in [0.05, 0.1) is 10.7 Å². The lowest BCUT2D eigenvalue weighted by atomic mass is 10.1. The van der Waals surface area contributed by atoms with Crippen molar-refractivity contribution in [1.29, 1.82) is 0 Å². The van der Waals surface area contributed by atoms with E-state index < -0.39 is 0 Å². The zero-order valence-electron chi connectivity index (χ0n) is 8.90. The molecule has 2 rings (SSSR count). The summed E-state index contributed by atoms with van der Waals surface area (Å²) in [5, 5.41) is 3.28. The summed E-state index contributed by atoms with van der Waals surface area (Å²) in [6.07, 6.45) is 0.945. The molecule has 16 heavy (non-hydrogen) atoms. The summed E-state index contributed by atoms with van der Waals surface area (Å²) in [5.74, 6) is 0.852. The number of aryl methyl sites for hydroxylation is 2. The van der Waals surface area contributed by atoms with Gasteiger partial charge in [0, 0.05) is 21.8 Å². The number of aromatic nitrogens is 1. The minimum Gasteiger partial charge on any atom is -0.241 e. The zero-order valence-corrected chi connectivity index (χ0v) is 12.2. The first kappa shape index (κ1) is 12.1. The van der Waals surface area contributed by atoms with Crippen molar-refractivity contribution in [3.63, 3.8) is 0 Å². The monoisotopic (exact) mass is 313 g/mol. The Labute approximate surface area is 113 Å². The summed E-state index contributed by atoms with van der Waals surface area (Å²) < 4.78 is 1.09. The molecule has 0 atom stereocenters. The highest BCUT2D eigenvalue weighted by Crippen LogP contribution is 2.28. The van der Waals surface area contributed by atoms with Crippen LogP contribution in [0.4, 0.5) is 0 Å². The minimum atomic E-state index is 0.852. The fourth-order valence-corrected chi connectivity index (χ4v) is 3.04. The van der Waals surface area contributed by atoms with Gasteiger partial charge < -0.3 is 0 Å². The van der Waals surface area contributed by atoms with Crippen LogP contribution in [0.5, 0.6) is 0 Å². The zero-order chi connectivity index (χ0) is 11.5. The lowest BCUT2D eigenvalue weighted by Gasteiger charge is -2.02. The Morgan fingerprint density at radius 2 is 2.25 bits per heavy atom. The molecule has 0 saturated carbocycles. The maximum absolute atomic E-state index is 4.62. The molecule has 0 saturated heterocycles. The molecule has 0 fully saturated rings. The van der Waals surface area contributed by atoms with Crippen LogP contribution >= 0.6 is 39.9 Å². The lowest BCUT2D eigenvalue weighted by molar-refractivity contribution is 1.11. The summed E-state index contributed by atoms with van der Waals surface area (Å²) in [6.45, 7) is 2.11. The Bertz CT molecular complexity index is 494. The van der Waals surface area contributed by atoms with Crippen LogP contribution < -0.4 is 0 Å². The van der Waals surface area contributed by atoms with Crippen LogP contribution in [-0.2, 0) is 6.42 Å². The molecule has 1 nitrogen and oxygen atoms in total. The Morgan fingerprint density at radius 3 is 3.00 bits per heavy atom. The largest absolute Gasteiger partial charge is 0.241 e. The van der Waals surface area contributed by atoms with Crippen LogP contribution in [0.1, 0.15) is 10.6 Å². The predicted octanol–water partition coefficient (Wildman–Crippen LogP) is 4.35. The highest BCUT2D eigenvalue weighted by molar-refractivity contribution is 9.10. The maximum atomic E-state index is 4.62. The normalized spacial score (nSPS) is 10.7. The second-order valence-corrected chi connectivity index (χ2v) is 5.86. The van der Waals surface area contributed by atoms with Gasteiger partial charge in [-0.2, -0.15) is 12.6 Å². The highest BCUT2D eigenvalue weighted by atomic mass is 79.9. The summed E-state index contributed by atoms with van der Waals surface area (Å²) >= 11 is 9.43. The summed E-state index contributed by atoms with van der Waals surface area (Å²) in [7, 11) is 0. The van der Waals surface area contributed by atoms with Gasteiger partial charge >= 0.3 is 0 Å². The fraction of sp³-hybridized carbons (Fsp3) is 0.250. The Morgan fingerprint density at radius 1 is 1.44 bits per heavy atom. The van der Waals surface area contributed by atoms with Crippen molar-refractivity contribution in [2.75, 3.05) is 5.75 Å². The molecule has 0 unspecified atom stereocenters. The molecule has 2 aromatic rings. The van der Waals surface area contributed by atoms with E-state index in [4.69, 9.17) is 0 Å². The second kappa shape index (κ2) is 5.34. The number of benzene rings is 1. The fourth-order valence-electron chi connectivity index (χ4n) is 1.52. The van der Waals surface area contributed by atoms with Crippen molar-refractivity contribution in [2.45, 2.75) is 13.3 Å². The smallest absolute Gasteiger partial charge is 0.0940 e. The number of thiol groups is 1. The second-order valence-electron chi connectivity index (χ2n) is 3.56. The SMILES string of the molecule is Cc1ccc(Br)cc1-c1csc(CCS)n1. The average Bonchev–Trinajstić information content (AvgIpc) is 2.71. The quantitative estimate of drug-likeness (QED) is 0.831. The Hall–Kier alpha value is -0.320. The van der Waals surface area contributed by atoms with Gasteiger partial charge in [-0.3, -0.25) is 0 Å². The molecule has 0 radical (unpaired) electrons. The van der Waals surface area contributed by atoms with Gasteiger partial charge in [-0.05, 0) is 30.4 Å². The lowest BCUT2D eigenvalue weighted by Crippen LogP contribution is -1.87. The van der Waals surface area contributed by atoms with Gasteiger partial charge in [0.2, 0.25) is 0 Å². The maximum Gasteiger partial charge on any atom is 0.0940 e. The summed E-state index contributed by atoms with van der Waals surface area (Å²) in [5.41, 5.74) is 3.53. The molecule has 0 N–H and O–H groups in total. The van der Waals surface area contributed by atoms with Crippen molar-refractivity contribution in [3.8, 4) is 11.3 Å². The minimum absolute atomic E-state index is 0.852. The number of hydrogen-bond acceptors (Lipinski definition) is 3. The number of thiazole rings is 1. The van der Waals surface area contributed by atoms with Gasteiger partial charge in [0.1, 0.15) is 0 Å². The summed E-state index contributed by atoms with van der Waals surface area (Å²) in [4.78, 5) is 4.62. The van der Waals surface area contributed by atoms with Crippen LogP contribution in [0, 0.1) is 6.92 Å². The van der Waals surface area contributed by atoms with Crippen molar-refractivity contribution in [2.24, 2.45) is 0 Å². The van der Waals surface area contributed by atoms with E-state index in [1.165, 1.54) is 11.1 Å². The number of halogens is 1. The first-order valence-electron chi connectivity index (χ1n) is 5.02. The molecule has 84 valence electrons. The van der Waals surface area contributed by atoms with Gasteiger partial charge in [-0.25, -0.2) is 4.98 Å². The Kier molecular flexibility index (Phi) is 4.05. The molecule has 4 heteroatoms. The summed E-state index contributed by atoms with van der Waals surface area (Å²) in [6, 6.07) is 6.28. The number of nitrogens with zero attached hydrogens (tertiary/aromatic N) is 1. The average molecular weight is 314 g/mol. The standard InChI is InChI=1S/C12H12BrNS2/c1-8-2-3-9(13)6-10(8)11-7-16-12(14-11)4-5-15/h2-3,6-7,15H,4-5H2,1H3. The molecule has 1 aromatic heterocycles. The van der Waals surface area contributed by atoms with Crippen LogP contribution in [0.15, 0.2) is 28.1 Å². The van der Waals surface area contributed by atoms with Crippen molar-refractivity contribution >= 4 is 39.9 Å². The highest BCUT2D eigenvalue weighted by Gasteiger charge is 2.07. The van der Waals surface area contributed by atoms with Crippen LogP contribution in [-0.4, -0.2) is 10.7 Å². The van der Waals surface area contributed by atoms with E-state index >= 15 is 0 Å². The molecule has 1 heterocycles. The van der Waals surface area contributed by atoms with Gasteiger partial charge in [-0.15, -0.1) is 11.3 Å². The van der Waals surface area contributed by atoms with Crippen molar-refractivity contribution in [3.05, 3.63) is 38.6 Å². The van der Waals surface area contributed by atoms with E-state index in [1.54, 1.807) is 11.3 Å². The third-order valence-corrected chi connectivity index (χ3v) is 3.98. The molecular weight excluding hydrogens is 302 g/mol. The molecular formula is C12H12BrNS2. The first-order chi connectivity index (χ1) is 7.70. The third kappa shape index (κ3) is 2.67. The third-order valence-electron chi connectivity index (χ3n) is 2.35. The van der Waals surface area contributed by atoms with E-state index in [2.05, 4.69) is 64.0 Å². The molecule has 1 aromatic carbocycles. The molecule has 0 aliphatic rings. The van der Waals surface area contributed by atoms with Crippen molar-refractivity contribution < 1.29 is 0 Å². The predicted molar refractivity (Wildman–Crippen MR) is 77.5 cm³/mol. The van der Waals surface area contributed by atoms with E-state index in [0.29, 0.717) is 0 Å². The van der Waals surface area contributed by atoms with Gasteiger partial charge in [0.25, 0.3) is 0 Å². The molecule has 0 amide bonds. The number of rotatable bonds is 3. The van der Waals surface area contributed by atoms with E-state index in [0.717, 1.165) is 27.3 Å². The van der Waals surface area contributed by atoms with E-state index in [1.807, 2.05) is 0 Å².